The van der Waals surface area contributed by atoms with Crippen LogP contribution in [0.1, 0.15) is 30.0 Å². The van der Waals surface area contributed by atoms with E-state index in [2.05, 4.69) is 34.7 Å². The third-order valence-electron chi connectivity index (χ3n) is 5.17. The number of ether oxygens (including phenoxy) is 1. The summed E-state index contributed by atoms with van der Waals surface area (Å²) in [5.74, 6) is 0.524. The van der Waals surface area contributed by atoms with Gasteiger partial charge in [-0.3, -0.25) is 9.79 Å². The minimum Gasteiger partial charge on any atom is -0.378 e. The fourth-order valence-electron chi connectivity index (χ4n) is 3.46. The lowest BCUT2D eigenvalue weighted by molar-refractivity contribution is -0.136. The highest BCUT2D eigenvalue weighted by Crippen LogP contribution is 2.19. The molecule has 0 aliphatic carbocycles. The largest absolute Gasteiger partial charge is 0.378 e. The second kappa shape index (κ2) is 10.6. The number of nitrogens with one attached hydrogen (secondary N) is 2. The summed E-state index contributed by atoms with van der Waals surface area (Å²) in [5.41, 5.74) is 2.18. The Hall–Kier alpha value is -2.86. The van der Waals surface area contributed by atoms with E-state index in [0.717, 1.165) is 5.56 Å². The highest BCUT2D eigenvalue weighted by Gasteiger charge is 2.27. The molecule has 1 fully saturated rings. The predicted octanol–water partition coefficient (Wildman–Crippen LogP) is 2.56. The van der Waals surface area contributed by atoms with Crippen molar-refractivity contribution in [3.05, 3.63) is 71.8 Å². The van der Waals surface area contributed by atoms with Gasteiger partial charge in [-0.25, -0.2) is 0 Å². The van der Waals surface area contributed by atoms with Crippen molar-refractivity contribution in [2.75, 3.05) is 39.9 Å². The second-order valence-corrected chi connectivity index (χ2v) is 7.13. The molecule has 0 aromatic heterocycles. The molecule has 1 aliphatic rings. The minimum atomic E-state index is -0.278. The lowest BCUT2D eigenvalue weighted by Crippen LogP contribution is -2.47. The number of guanidine groups is 1. The molecule has 3 rings (SSSR count). The van der Waals surface area contributed by atoms with Crippen LogP contribution in [0.4, 0.5) is 0 Å². The third-order valence-corrected chi connectivity index (χ3v) is 5.17. The Bertz CT molecular complexity index is 789. The highest BCUT2D eigenvalue weighted by molar-refractivity contribution is 5.86. The zero-order valence-corrected chi connectivity index (χ0v) is 17.2. The van der Waals surface area contributed by atoms with Crippen molar-refractivity contribution >= 4 is 11.9 Å². The monoisotopic (exact) mass is 394 g/mol. The van der Waals surface area contributed by atoms with Crippen molar-refractivity contribution in [2.45, 2.75) is 18.9 Å². The molecule has 2 aromatic rings. The van der Waals surface area contributed by atoms with Gasteiger partial charge in [-0.05, 0) is 18.1 Å². The Morgan fingerprint density at radius 2 is 1.62 bits per heavy atom. The molecule has 154 valence electrons. The molecule has 0 saturated carbocycles. The molecule has 2 unspecified atom stereocenters. The highest BCUT2D eigenvalue weighted by atomic mass is 16.5. The average Bonchev–Trinajstić information content (AvgIpc) is 2.80. The SMILES string of the molecule is CN=C(NCC(C(=O)N1CCOCC1)c1ccccc1)NC(C)c1ccccc1. The van der Waals surface area contributed by atoms with Crippen molar-refractivity contribution < 1.29 is 9.53 Å². The van der Waals surface area contributed by atoms with E-state index in [1.165, 1.54) is 5.56 Å². The second-order valence-electron chi connectivity index (χ2n) is 7.13. The van der Waals surface area contributed by atoms with Crippen LogP contribution in [0, 0.1) is 0 Å². The van der Waals surface area contributed by atoms with Gasteiger partial charge in [-0.1, -0.05) is 60.7 Å². The van der Waals surface area contributed by atoms with Crippen LogP contribution in [0.3, 0.4) is 0 Å². The van der Waals surface area contributed by atoms with Gasteiger partial charge >= 0.3 is 0 Å². The number of morpholine rings is 1. The first-order valence-electron chi connectivity index (χ1n) is 10.1. The van der Waals surface area contributed by atoms with Gasteiger partial charge in [0.15, 0.2) is 5.96 Å². The van der Waals surface area contributed by atoms with Gasteiger partial charge in [-0.2, -0.15) is 0 Å². The third kappa shape index (κ3) is 5.81. The smallest absolute Gasteiger partial charge is 0.232 e. The molecule has 2 atom stereocenters. The van der Waals surface area contributed by atoms with Crippen LogP contribution in [-0.4, -0.2) is 56.7 Å². The van der Waals surface area contributed by atoms with Crippen LogP contribution in [0.2, 0.25) is 0 Å². The van der Waals surface area contributed by atoms with E-state index >= 15 is 0 Å². The maximum absolute atomic E-state index is 13.2. The van der Waals surface area contributed by atoms with E-state index in [1.807, 2.05) is 53.4 Å². The number of amides is 1. The molecule has 2 aromatic carbocycles. The first-order chi connectivity index (χ1) is 14.2. The summed E-state index contributed by atoms with van der Waals surface area (Å²) in [4.78, 5) is 19.4. The predicted molar refractivity (Wildman–Crippen MR) is 116 cm³/mol. The Morgan fingerprint density at radius 1 is 1.03 bits per heavy atom. The number of nitrogens with zero attached hydrogens (tertiary/aromatic N) is 2. The lowest BCUT2D eigenvalue weighted by Gasteiger charge is -2.31. The first kappa shape index (κ1) is 20.9. The standard InChI is InChI=1S/C23H30N4O2/c1-18(19-9-5-3-6-10-19)26-23(24-2)25-17-21(20-11-7-4-8-12-20)22(28)27-13-15-29-16-14-27/h3-12,18,21H,13-17H2,1-2H3,(H2,24,25,26). The molecule has 29 heavy (non-hydrogen) atoms. The summed E-state index contributed by atoms with van der Waals surface area (Å²) >= 11 is 0. The van der Waals surface area contributed by atoms with Crippen LogP contribution < -0.4 is 10.6 Å². The van der Waals surface area contributed by atoms with Crippen molar-refractivity contribution in [3.8, 4) is 0 Å². The van der Waals surface area contributed by atoms with Crippen molar-refractivity contribution in [3.63, 3.8) is 0 Å². The topological polar surface area (TPSA) is 66.0 Å². The Balaban J connectivity index is 1.67. The minimum absolute atomic E-state index is 0.104. The summed E-state index contributed by atoms with van der Waals surface area (Å²) in [7, 11) is 1.74. The molecule has 0 radical (unpaired) electrons. The van der Waals surface area contributed by atoms with Crippen molar-refractivity contribution in [1.82, 2.24) is 15.5 Å². The van der Waals surface area contributed by atoms with E-state index in [4.69, 9.17) is 4.74 Å². The zero-order valence-electron chi connectivity index (χ0n) is 17.2. The van der Waals surface area contributed by atoms with Crippen LogP contribution in [-0.2, 0) is 9.53 Å². The molecule has 1 aliphatic heterocycles. The quantitative estimate of drug-likeness (QED) is 0.584. The van der Waals surface area contributed by atoms with Gasteiger partial charge in [0, 0.05) is 26.7 Å². The summed E-state index contributed by atoms with van der Waals surface area (Å²) in [6.45, 7) is 5.04. The van der Waals surface area contributed by atoms with E-state index in [0.29, 0.717) is 38.8 Å². The van der Waals surface area contributed by atoms with Crippen LogP contribution in [0.5, 0.6) is 0 Å². The molecule has 1 heterocycles. The van der Waals surface area contributed by atoms with E-state index < -0.39 is 0 Å². The van der Waals surface area contributed by atoms with Crippen LogP contribution >= 0.6 is 0 Å². The molecule has 1 amide bonds. The summed E-state index contributed by atoms with van der Waals surface area (Å²) in [6, 6.07) is 20.2. The molecule has 6 nitrogen and oxygen atoms in total. The van der Waals surface area contributed by atoms with Crippen molar-refractivity contribution in [1.29, 1.82) is 0 Å². The summed E-state index contributed by atoms with van der Waals surface area (Å²) < 4.78 is 5.40. The number of aliphatic imine (C=N–C) groups is 1. The van der Waals surface area contributed by atoms with E-state index in [-0.39, 0.29) is 17.9 Å². The molecule has 1 saturated heterocycles. The first-order valence-corrected chi connectivity index (χ1v) is 10.1. The Kier molecular flexibility index (Phi) is 7.64. The number of carbonyl (C=O) groups excluding carboxylic acids is 1. The number of rotatable bonds is 6. The van der Waals surface area contributed by atoms with Gasteiger partial charge in [0.25, 0.3) is 0 Å². The summed E-state index contributed by atoms with van der Waals surface area (Å²) in [6.07, 6.45) is 0. The number of hydrogen-bond donors (Lipinski definition) is 2. The van der Waals surface area contributed by atoms with Gasteiger partial charge in [0.2, 0.25) is 5.91 Å². The van der Waals surface area contributed by atoms with Crippen LogP contribution in [0.15, 0.2) is 65.7 Å². The Morgan fingerprint density at radius 3 is 2.21 bits per heavy atom. The van der Waals surface area contributed by atoms with E-state index in [1.54, 1.807) is 7.05 Å². The maximum atomic E-state index is 13.2. The summed E-state index contributed by atoms with van der Waals surface area (Å²) in [5, 5.41) is 6.75. The van der Waals surface area contributed by atoms with Gasteiger partial charge in [0.1, 0.15) is 0 Å². The van der Waals surface area contributed by atoms with Gasteiger partial charge in [0.05, 0.1) is 25.2 Å². The molecular formula is C23H30N4O2. The van der Waals surface area contributed by atoms with E-state index in [9.17, 15) is 4.79 Å². The maximum Gasteiger partial charge on any atom is 0.232 e. The molecule has 0 spiro atoms. The number of carbonyl (C=O) groups is 1. The average molecular weight is 395 g/mol. The fourth-order valence-corrected chi connectivity index (χ4v) is 3.46. The molecule has 6 heteroatoms. The lowest BCUT2D eigenvalue weighted by atomic mass is 9.97. The number of hydrogen-bond acceptors (Lipinski definition) is 3. The zero-order chi connectivity index (χ0) is 20.5. The number of benzene rings is 2. The van der Waals surface area contributed by atoms with Gasteiger partial charge in [-0.15, -0.1) is 0 Å². The van der Waals surface area contributed by atoms with Crippen molar-refractivity contribution in [2.24, 2.45) is 4.99 Å². The van der Waals surface area contributed by atoms with Crippen LogP contribution in [0.25, 0.3) is 0 Å². The fraction of sp³-hybridized carbons (Fsp3) is 0.391. The molecule has 2 N–H and O–H groups in total. The Labute approximate surface area is 173 Å². The normalized spacial score (nSPS) is 16.8. The molecule has 0 bridgehead atoms. The molecular weight excluding hydrogens is 364 g/mol. The van der Waals surface area contributed by atoms with Gasteiger partial charge < -0.3 is 20.3 Å².